The van der Waals surface area contributed by atoms with E-state index in [4.69, 9.17) is 20.2 Å². The number of amides is 2. The van der Waals surface area contributed by atoms with Crippen LogP contribution in [0.1, 0.15) is 51.9 Å². The molecular formula is C33H38N4O5. The van der Waals surface area contributed by atoms with Crippen molar-refractivity contribution in [2.45, 2.75) is 75.6 Å². The van der Waals surface area contributed by atoms with E-state index in [-0.39, 0.29) is 31.4 Å². The predicted molar refractivity (Wildman–Crippen MR) is 160 cm³/mol. The summed E-state index contributed by atoms with van der Waals surface area (Å²) in [5, 5.41) is 5.90. The van der Waals surface area contributed by atoms with Crippen molar-refractivity contribution in [1.29, 1.82) is 0 Å². The van der Waals surface area contributed by atoms with E-state index in [0.29, 0.717) is 18.7 Å². The lowest BCUT2D eigenvalue weighted by molar-refractivity contribution is -0.150. The number of allylic oxidation sites excluding steroid dienone is 1. The van der Waals surface area contributed by atoms with Crippen LogP contribution in [0.4, 0.5) is 0 Å². The molecule has 2 amide bonds. The topological polar surface area (TPSA) is 124 Å². The number of nitrogens with zero attached hydrogens (tertiary/aromatic N) is 2. The molecule has 2 aromatic carbocycles. The van der Waals surface area contributed by atoms with Crippen LogP contribution in [-0.2, 0) is 19.1 Å². The zero-order valence-corrected chi connectivity index (χ0v) is 24.0. The highest BCUT2D eigenvalue weighted by Crippen LogP contribution is 2.46. The minimum Gasteiger partial charge on any atom is -0.472 e. The minimum absolute atomic E-state index is 0.140. The average Bonchev–Trinajstić information content (AvgIpc) is 3.53. The SMILES string of the molecule is CCOC(=O)C12CC1C=CCCCCCC(N)C(=O)N1CC(Oc3nc4ccccc4c4ccccc34)CC1C(=O)N2. The minimum atomic E-state index is -1.12. The normalized spacial score (nSPS) is 28.4. The van der Waals surface area contributed by atoms with Crippen LogP contribution in [0.15, 0.2) is 60.7 Å². The Morgan fingerprint density at radius 3 is 2.64 bits per heavy atom. The third-order valence-corrected chi connectivity index (χ3v) is 8.77. The van der Waals surface area contributed by atoms with Gasteiger partial charge in [-0.15, -0.1) is 0 Å². The number of carbonyl (C=O) groups excluding carboxylic acids is 3. The van der Waals surface area contributed by atoms with E-state index < -0.39 is 35.6 Å². The van der Waals surface area contributed by atoms with E-state index in [2.05, 4.69) is 11.4 Å². The number of esters is 1. The van der Waals surface area contributed by atoms with Crippen LogP contribution in [-0.4, -0.2) is 64.5 Å². The van der Waals surface area contributed by atoms with Crippen molar-refractivity contribution in [3.63, 3.8) is 0 Å². The van der Waals surface area contributed by atoms with E-state index >= 15 is 0 Å². The number of nitrogens with one attached hydrogen (secondary N) is 1. The highest BCUT2D eigenvalue weighted by atomic mass is 16.5. The number of hydrogen-bond donors (Lipinski definition) is 2. The maximum atomic E-state index is 13.9. The Labute approximate surface area is 245 Å². The fourth-order valence-corrected chi connectivity index (χ4v) is 6.41. The summed E-state index contributed by atoms with van der Waals surface area (Å²) in [4.78, 5) is 46.9. The monoisotopic (exact) mass is 570 g/mol. The van der Waals surface area contributed by atoms with E-state index in [1.807, 2.05) is 54.6 Å². The van der Waals surface area contributed by atoms with Gasteiger partial charge in [-0.1, -0.05) is 61.4 Å². The van der Waals surface area contributed by atoms with Gasteiger partial charge in [0.2, 0.25) is 17.7 Å². The molecule has 220 valence electrons. The van der Waals surface area contributed by atoms with E-state index in [0.717, 1.165) is 47.4 Å². The molecule has 6 rings (SSSR count). The van der Waals surface area contributed by atoms with Gasteiger partial charge in [-0.2, -0.15) is 0 Å². The lowest BCUT2D eigenvalue weighted by Gasteiger charge is -2.28. The number of nitrogens with two attached hydrogens (primary N) is 1. The first-order valence-electron chi connectivity index (χ1n) is 15.1. The van der Waals surface area contributed by atoms with Gasteiger partial charge in [-0.25, -0.2) is 9.78 Å². The summed E-state index contributed by atoms with van der Waals surface area (Å²) in [6.45, 7) is 2.17. The zero-order chi connectivity index (χ0) is 29.3. The Kier molecular flexibility index (Phi) is 7.86. The molecule has 2 fully saturated rings. The highest BCUT2D eigenvalue weighted by molar-refractivity contribution is 6.07. The second-order valence-electron chi connectivity index (χ2n) is 11.6. The van der Waals surface area contributed by atoms with Gasteiger partial charge in [-0.05, 0) is 50.1 Å². The summed E-state index contributed by atoms with van der Waals surface area (Å²) in [5.41, 5.74) is 6.07. The van der Waals surface area contributed by atoms with Crippen molar-refractivity contribution in [1.82, 2.24) is 15.2 Å². The summed E-state index contributed by atoms with van der Waals surface area (Å²) in [6.07, 6.45) is 8.51. The van der Waals surface area contributed by atoms with E-state index in [9.17, 15) is 14.4 Å². The number of rotatable bonds is 4. The van der Waals surface area contributed by atoms with Crippen LogP contribution in [0, 0.1) is 5.92 Å². The first kappa shape index (κ1) is 28.2. The van der Waals surface area contributed by atoms with Gasteiger partial charge >= 0.3 is 5.97 Å². The number of hydrogen-bond acceptors (Lipinski definition) is 7. The van der Waals surface area contributed by atoms with Gasteiger partial charge in [0.05, 0.1) is 24.7 Å². The smallest absolute Gasteiger partial charge is 0.332 e. The molecule has 3 aromatic rings. The first-order chi connectivity index (χ1) is 20.4. The largest absolute Gasteiger partial charge is 0.472 e. The summed E-state index contributed by atoms with van der Waals surface area (Å²) < 4.78 is 11.9. The Bertz CT molecular complexity index is 1540. The van der Waals surface area contributed by atoms with Gasteiger partial charge in [0, 0.05) is 23.1 Å². The summed E-state index contributed by atoms with van der Waals surface area (Å²) in [7, 11) is 0. The molecule has 1 saturated heterocycles. The number of benzene rings is 2. The first-order valence-corrected chi connectivity index (χ1v) is 15.1. The van der Waals surface area contributed by atoms with Crippen molar-refractivity contribution < 1.29 is 23.9 Å². The number of carbonyl (C=O) groups is 3. The Balaban J connectivity index is 1.31. The maximum Gasteiger partial charge on any atom is 0.332 e. The third-order valence-electron chi connectivity index (χ3n) is 8.77. The predicted octanol–water partition coefficient (Wildman–Crippen LogP) is 4.02. The number of ether oxygens (including phenoxy) is 2. The second-order valence-corrected chi connectivity index (χ2v) is 11.6. The van der Waals surface area contributed by atoms with Gasteiger partial charge in [-0.3, -0.25) is 9.59 Å². The number of aromatic nitrogens is 1. The third kappa shape index (κ3) is 5.33. The van der Waals surface area contributed by atoms with Gasteiger partial charge in [0.1, 0.15) is 17.7 Å². The van der Waals surface area contributed by atoms with Crippen LogP contribution >= 0.6 is 0 Å². The van der Waals surface area contributed by atoms with Crippen molar-refractivity contribution >= 4 is 39.5 Å². The lowest BCUT2D eigenvalue weighted by Crippen LogP contribution is -2.55. The molecule has 0 bridgehead atoms. The molecule has 3 aliphatic rings. The van der Waals surface area contributed by atoms with Crippen molar-refractivity contribution in [3.8, 4) is 5.88 Å². The van der Waals surface area contributed by atoms with E-state index in [1.165, 1.54) is 0 Å². The van der Waals surface area contributed by atoms with Crippen molar-refractivity contribution in [3.05, 3.63) is 60.7 Å². The molecule has 2 aliphatic heterocycles. The number of fused-ring (bicyclic) bond motifs is 5. The van der Waals surface area contributed by atoms with Crippen LogP contribution < -0.4 is 15.8 Å². The fourth-order valence-electron chi connectivity index (χ4n) is 6.41. The standard InChI is InChI=1S/C33H38N4O5/c1-2-41-32(40)33-19-21(33)12-6-4-3-5-7-16-26(34)31(39)37-20-22(18-28(37)29(38)36-33)42-30-25-15-9-8-13-23(25)24-14-10-11-17-27(24)35-30/h6,8-15,17,21-22,26,28H,2-5,7,16,18-20,34H2,1H3,(H,36,38). The molecule has 3 N–H and O–H groups in total. The molecule has 0 spiro atoms. The summed E-state index contributed by atoms with van der Waals surface area (Å²) in [6, 6.07) is 14.3. The lowest BCUT2D eigenvalue weighted by atomic mass is 10.1. The molecule has 9 heteroatoms. The number of pyridine rings is 1. The number of para-hydroxylation sites is 1. The maximum absolute atomic E-state index is 13.9. The fraction of sp³-hybridized carbons (Fsp3) is 0.455. The molecule has 3 heterocycles. The highest BCUT2D eigenvalue weighted by Gasteiger charge is 2.62. The Morgan fingerprint density at radius 1 is 1.07 bits per heavy atom. The quantitative estimate of drug-likeness (QED) is 0.276. The molecule has 1 saturated carbocycles. The van der Waals surface area contributed by atoms with Gasteiger partial charge in [0.15, 0.2) is 0 Å². The molecule has 5 unspecified atom stereocenters. The molecule has 0 radical (unpaired) electrons. The molecule has 1 aliphatic carbocycles. The van der Waals surface area contributed by atoms with Crippen LogP contribution in [0.25, 0.3) is 21.7 Å². The molecule has 5 atom stereocenters. The van der Waals surface area contributed by atoms with Crippen LogP contribution in [0.3, 0.4) is 0 Å². The molecular weight excluding hydrogens is 532 g/mol. The molecule has 9 nitrogen and oxygen atoms in total. The Hall–Kier alpha value is -3.98. The van der Waals surface area contributed by atoms with Crippen LogP contribution in [0.5, 0.6) is 5.88 Å². The molecule has 1 aromatic heterocycles. The van der Waals surface area contributed by atoms with Crippen LogP contribution in [0.2, 0.25) is 0 Å². The summed E-state index contributed by atoms with van der Waals surface area (Å²) in [5.74, 6) is -0.785. The summed E-state index contributed by atoms with van der Waals surface area (Å²) >= 11 is 0. The zero-order valence-electron chi connectivity index (χ0n) is 24.0. The van der Waals surface area contributed by atoms with E-state index in [1.54, 1.807) is 11.8 Å². The second kappa shape index (κ2) is 11.7. The van der Waals surface area contributed by atoms with Gasteiger partial charge < -0.3 is 25.4 Å². The average molecular weight is 571 g/mol. The molecule has 42 heavy (non-hydrogen) atoms. The Morgan fingerprint density at radius 2 is 1.83 bits per heavy atom. The van der Waals surface area contributed by atoms with Crippen molar-refractivity contribution in [2.24, 2.45) is 11.7 Å². The van der Waals surface area contributed by atoms with Gasteiger partial charge in [0.25, 0.3) is 0 Å². The van der Waals surface area contributed by atoms with Crippen molar-refractivity contribution in [2.75, 3.05) is 13.2 Å².